The van der Waals surface area contributed by atoms with E-state index in [1.807, 2.05) is 166 Å². The molecule has 3 aromatic heterocycles. The van der Waals surface area contributed by atoms with Crippen LogP contribution in [0.25, 0.3) is 11.2 Å². The number of ether oxygens (including phenoxy) is 6. The van der Waals surface area contributed by atoms with E-state index in [0.29, 0.717) is 66.4 Å². The number of amides is 1. The van der Waals surface area contributed by atoms with Crippen molar-refractivity contribution < 1.29 is 33.2 Å². The summed E-state index contributed by atoms with van der Waals surface area (Å²) in [5.74, 6) is 2.39. The van der Waals surface area contributed by atoms with Crippen LogP contribution in [0.2, 0.25) is 0 Å². The standard InChI is InChI=1S/C30H32N4O5S.C30H30N4O4S/c1-30(2,39-19-21-12-8-5-9-13-21)28(36)32-25-26(31)34(29(40)33-27(25)35)17-22-14-15-23(37-3)24(16-22)38-18-20-10-6-4-7-11-20;1-30(2,38-19-21-12-8-5-9-13-21)28-31-25-26(32-28)34(29(39)33-27(25)35)17-22-14-15-23(36-3)24(16-22)37-18-20-10-6-4-7-11-20/h4-16H,17-19,31H2,1-3H3,(H,32,36)(H,33,35,40);4-16H,17-19H2,1-3H3,(H,31,32)(H,33,35,39). The SMILES string of the molecule is COc1ccc(Cn2c(=S)[nH]c(=O)c3[nH]c(C(C)(C)OCc4ccccc4)nc32)cc1OCc1ccccc1.COc1ccc(Cn2c(N)c(NC(=O)C(C)(C)OCc3ccccc3)c(=O)[nH]c2=S)cc1OCc1ccccc1. The van der Waals surface area contributed by atoms with Crippen LogP contribution in [0, 0.1) is 9.54 Å². The van der Waals surface area contributed by atoms with E-state index < -0.39 is 22.7 Å². The lowest BCUT2D eigenvalue weighted by molar-refractivity contribution is -0.138. The molecule has 0 spiro atoms. The molecule has 408 valence electrons. The highest BCUT2D eigenvalue weighted by Gasteiger charge is 2.31. The quantitative estimate of drug-likeness (QED) is 0.0424. The molecule has 0 aliphatic carbocycles. The minimum atomic E-state index is -1.24. The molecule has 1 amide bonds. The summed E-state index contributed by atoms with van der Waals surface area (Å²) < 4.78 is 38.8. The summed E-state index contributed by atoms with van der Waals surface area (Å²) in [5.41, 5.74) is 9.85. The van der Waals surface area contributed by atoms with E-state index >= 15 is 0 Å². The van der Waals surface area contributed by atoms with Crippen molar-refractivity contribution >= 4 is 53.0 Å². The number of anilines is 2. The molecule has 0 fully saturated rings. The monoisotopic (exact) mass is 1100 g/mol. The van der Waals surface area contributed by atoms with Crippen LogP contribution in [0.4, 0.5) is 11.5 Å². The number of nitrogens with two attached hydrogens (primary N) is 1. The third-order valence-corrected chi connectivity index (χ3v) is 13.4. The van der Waals surface area contributed by atoms with Gasteiger partial charge < -0.3 is 44.5 Å². The molecule has 0 unspecified atom stereocenters. The lowest BCUT2D eigenvalue weighted by atomic mass is 10.1. The van der Waals surface area contributed by atoms with Gasteiger partial charge in [-0.3, -0.25) is 33.5 Å². The number of benzene rings is 6. The molecule has 0 radical (unpaired) electrons. The second-order valence-corrected chi connectivity index (χ2v) is 20.1. The Morgan fingerprint density at radius 2 is 0.987 bits per heavy atom. The zero-order valence-electron chi connectivity index (χ0n) is 44.7. The van der Waals surface area contributed by atoms with E-state index in [2.05, 4.69) is 20.3 Å². The van der Waals surface area contributed by atoms with Crippen LogP contribution in [-0.4, -0.2) is 54.8 Å². The number of methoxy groups -OCH3 is 2. The van der Waals surface area contributed by atoms with Crippen molar-refractivity contribution in [1.29, 1.82) is 0 Å². The third-order valence-electron chi connectivity index (χ3n) is 12.7. The van der Waals surface area contributed by atoms with Gasteiger partial charge in [0.1, 0.15) is 47.3 Å². The number of hydrogen-bond acceptors (Lipinski definition) is 13. The molecule has 0 atom stereocenters. The van der Waals surface area contributed by atoms with Crippen LogP contribution in [0.15, 0.2) is 167 Å². The Morgan fingerprint density at radius 3 is 1.47 bits per heavy atom. The van der Waals surface area contributed by atoms with E-state index in [1.165, 1.54) is 4.57 Å². The van der Waals surface area contributed by atoms with Crippen molar-refractivity contribution in [3.05, 3.63) is 227 Å². The zero-order chi connectivity index (χ0) is 56.1. The Kier molecular flexibility index (Phi) is 18.4. The fourth-order valence-corrected chi connectivity index (χ4v) is 8.61. The van der Waals surface area contributed by atoms with Gasteiger partial charge in [-0.2, -0.15) is 0 Å². The Hall–Kier alpha value is -8.62. The maximum Gasteiger partial charge on any atom is 0.277 e. The van der Waals surface area contributed by atoms with Crippen molar-refractivity contribution in [3.8, 4) is 23.0 Å². The normalized spacial score (nSPS) is 11.4. The van der Waals surface area contributed by atoms with Gasteiger partial charge in [0.2, 0.25) is 0 Å². The summed E-state index contributed by atoms with van der Waals surface area (Å²) in [6, 6.07) is 50.3. The number of nitrogens with one attached hydrogen (secondary N) is 4. The Labute approximate surface area is 466 Å². The number of aromatic amines is 3. The summed E-state index contributed by atoms with van der Waals surface area (Å²) >= 11 is 10.9. The van der Waals surface area contributed by atoms with Gasteiger partial charge in [0, 0.05) is 0 Å². The number of hydrogen-bond donors (Lipinski definition) is 5. The van der Waals surface area contributed by atoms with Gasteiger partial charge in [-0.05, 0) is 110 Å². The van der Waals surface area contributed by atoms with Crippen LogP contribution >= 0.6 is 24.4 Å². The second kappa shape index (κ2) is 25.7. The smallest absolute Gasteiger partial charge is 0.277 e. The van der Waals surface area contributed by atoms with Gasteiger partial charge in [0.25, 0.3) is 17.0 Å². The lowest BCUT2D eigenvalue weighted by Crippen LogP contribution is -2.41. The first-order valence-electron chi connectivity index (χ1n) is 25.2. The van der Waals surface area contributed by atoms with Crippen molar-refractivity contribution in [2.45, 2.75) is 78.4 Å². The molecule has 6 aromatic carbocycles. The first-order valence-corrected chi connectivity index (χ1v) is 26.0. The van der Waals surface area contributed by atoms with E-state index in [4.69, 9.17) is 63.6 Å². The molecule has 9 rings (SSSR count). The predicted octanol–water partition coefficient (Wildman–Crippen LogP) is 10.9. The lowest BCUT2D eigenvalue weighted by Gasteiger charge is -2.25. The van der Waals surface area contributed by atoms with E-state index in [9.17, 15) is 14.4 Å². The van der Waals surface area contributed by atoms with Crippen LogP contribution in [-0.2, 0) is 59.4 Å². The summed E-state index contributed by atoms with van der Waals surface area (Å²) in [6.45, 7) is 9.07. The molecule has 0 saturated carbocycles. The average molecular weight is 1100 g/mol. The van der Waals surface area contributed by atoms with Crippen LogP contribution < -0.4 is 41.1 Å². The highest BCUT2D eigenvalue weighted by molar-refractivity contribution is 7.71. The van der Waals surface area contributed by atoms with Gasteiger partial charge in [0.05, 0.1) is 40.5 Å². The largest absolute Gasteiger partial charge is 0.493 e. The molecule has 9 aromatic rings. The van der Waals surface area contributed by atoms with Crippen molar-refractivity contribution in [3.63, 3.8) is 0 Å². The number of carbonyl (C=O) groups is 1. The molecule has 0 aliphatic rings. The molecule has 3 heterocycles. The number of H-pyrrole nitrogens is 3. The number of fused-ring (bicyclic) bond motifs is 1. The van der Waals surface area contributed by atoms with Crippen LogP contribution in [0.5, 0.6) is 23.0 Å². The average Bonchev–Trinajstić information content (AvgIpc) is 4.08. The minimum Gasteiger partial charge on any atom is -0.493 e. The van der Waals surface area contributed by atoms with Gasteiger partial charge >= 0.3 is 0 Å². The molecular weight excluding hydrogens is 1040 g/mol. The molecule has 17 nitrogen and oxygen atoms in total. The maximum atomic E-state index is 13.1. The molecule has 0 bridgehead atoms. The maximum absolute atomic E-state index is 13.1. The van der Waals surface area contributed by atoms with Crippen molar-refractivity contribution in [1.82, 2.24) is 29.1 Å². The molecule has 0 saturated heterocycles. The number of imidazole rings is 1. The van der Waals surface area contributed by atoms with Crippen molar-refractivity contribution in [2.24, 2.45) is 0 Å². The van der Waals surface area contributed by atoms with Gasteiger partial charge in [-0.1, -0.05) is 133 Å². The number of rotatable bonds is 21. The summed E-state index contributed by atoms with van der Waals surface area (Å²) in [4.78, 5) is 52.0. The fourth-order valence-electron chi connectivity index (χ4n) is 8.11. The summed E-state index contributed by atoms with van der Waals surface area (Å²) in [7, 11) is 3.18. The topological polar surface area (TPSA) is 215 Å². The van der Waals surface area contributed by atoms with Gasteiger partial charge in [-0.25, -0.2) is 4.98 Å². The van der Waals surface area contributed by atoms with Gasteiger partial charge in [0.15, 0.2) is 38.2 Å². The zero-order valence-corrected chi connectivity index (χ0v) is 46.3. The molecular formula is C60H62N8O9S2. The highest BCUT2D eigenvalue weighted by atomic mass is 32.1. The van der Waals surface area contributed by atoms with Crippen molar-refractivity contribution in [2.75, 3.05) is 25.3 Å². The van der Waals surface area contributed by atoms with Gasteiger partial charge in [-0.15, -0.1) is 0 Å². The molecule has 0 aliphatic heterocycles. The Bertz CT molecular complexity index is 3770. The third kappa shape index (κ3) is 14.5. The Morgan fingerprint density at radius 1 is 0.557 bits per heavy atom. The number of nitrogen functional groups attached to an aromatic ring is 1. The first kappa shape index (κ1) is 56.6. The highest BCUT2D eigenvalue weighted by Crippen LogP contribution is 2.32. The van der Waals surface area contributed by atoms with Crippen LogP contribution in [0.1, 0.15) is 66.9 Å². The molecule has 79 heavy (non-hydrogen) atoms. The summed E-state index contributed by atoms with van der Waals surface area (Å²) in [6.07, 6.45) is 0. The van der Waals surface area contributed by atoms with E-state index in [-0.39, 0.29) is 39.8 Å². The summed E-state index contributed by atoms with van der Waals surface area (Å²) in [5, 5.41) is 2.63. The number of nitrogens with zero attached hydrogens (tertiary/aromatic N) is 3. The van der Waals surface area contributed by atoms with E-state index in [1.54, 1.807) is 38.7 Å². The minimum absolute atomic E-state index is 0.0172. The predicted molar refractivity (Wildman–Crippen MR) is 310 cm³/mol. The second-order valence-electron chi connectivity index (χ2n) is 19.3. The number of carbonyl (C=O) groups excluding carboxylic acids is 1. The Balaban J connectivity index is 0.000000208. The van der Waals surface area contributed by atoms with E-state index in [0.717, 1.165) is 33.4 Å². The molecule has 19 heteroatoms. The number of aromatic nitrogens is 6. The van der Waals surface area contributed by atoms with Crippen LogP contribution in [0.3, 0.4) is 0 Å². The molecule has 6 N–H and O–H groups in total. The fraction of sp³-hybridized carbons (Fsp3) is 0.233. The first-order chi connectivity index (χ1) is 38.0.